The maximum Gasteiger partial charge on any atom is 0.167 e. The number of Topliss-reactive ketones (excluding diaryl/α,β-unsaturated/α-hetero) is 1. The highest BCUT2D eigenvalue weighted by atomic mass is 16.5. The number of aliphatic hydroxyl groups excluding tert-OH is 1. The third-order valence-electron chi connectivity index (χ3n) is 3.22. The van der Waals surface area contributed by atoms with Crippen LogP contribution in [0.3, 0.4) is 0 Å². The second kappa shape index (κ2) is 5.70. The minimum Gasteiger partial charge on any atom is -0.496 e. The quantitative estimate of drug-likeness (QED) is 0.907. The number of rotatable bonds is 4. The summed E-state index contributed by atoms with van der Waals surface area (Å²) < 4.78 is 5.31. The van der Waals surface area contributed by atoms with Crippen molar-refractivity contribution in [3.63, 3.8) is 0 Å². The Balaban J connectivity index is 2.98. The third-order valence-corrected chi connectivity index (χ3v) is 3.22. The van der Waals surface area contributed by atoms with E-state index in [-0.39, 0.29) is 12.2 Å². The van der Waals surface area contributed by atoms with E-state index in [0.29, 0.717) is 5.69 Å². The fourth-order valence-electron chi connectivity index (χ4n) is 1.99. The fourth-order valence-corrected chi connectivity index (χ4v) is 1.99. The zero-order valence-electron chi connectivity index (χ0n) is 12.6. The average Bonchev–Trinajstić information content (AvgIpc) is 2.31. The molecule has 1 heterocycles. The highest BCUT2D eigenvalue weighted by Crippen LogP contribution is 2.26. The molecule has 0 bridgehead atoms. The van der Waals surface area contributed by atoms with Gasteiger partial charge >= 0.3 is 0 Å². The molecule has 1 unspecified atom stereocenters. The molecule has 0 radical (unpaired) electrons. The number of carbonyl (C=O) groups excluding carboxylic acids is 1. The van der Waals surface area contributed by atoms with Gasteiger partial charge in [0.15, 0.2) is 5.78 Å². The number of methoxy groups -OCH3 is 1. The number of carbonyl (C=O) groups is 1. The van der Waals surface area contributed by atoms with E-state index in [9.17, 15) is 9.90 Å². The van der Waals surface area contributed by atoms with Gasteiger partial charge in [-0.3, -0.25) is 9.78 Å². The molecular weight excluding hydrogens is 242 g/mol. The lowest BCUT2D eigenvalue weighted by Crippen LogP contribution is -2.35. The molecule has 0 amide bonds. The van der Waals surface area contributed by atoms with Gasteiger partial charge in [-0.25, -0.2) is 0 Å². The van der Waals surface area contributed by atoms with Crippen LogP contribution in [0.5, 0.6) is 5.75 Å². The van der Waals surface area contributed by atoms with Crippen LogP contribution in [0.1, 0.15) is 37.6 Å². The van der Waals surface area contributed by atoms with E-state index < -0.39 is 11.5 Å². The number of aliphatic hydroxyl groups is 1. The molecule has 0 saturated heterocycles. The van der Waals surface area contributed by atoms with E-state index in [4.69, 9.17) is 4.74 Å². The summed E-state index contributed by atoms with van der Waals surface area (Å²) in [5, 5.41) is 9.98. The molecule has 0 aromatic carbocycles. The van der Waals surface area contributed by atoms with Gasteiger partial charge in [0.2, 0.25) is 0 Å². The molecule has 4 nitrogen and oxygen atoms in total. The van der Waals surface area contributed by atoms with Crippen molar-refractivity contribution in [1.29, 1.82) is 0 Å². The summed E-state index contributed by atoms with van der Waals surface area (Å²) in [6.07, 6.45) is 0.833. The number of aryl methyl sites for hydroxylation is 1. The molecule has 0 fully saturated rings. The predicted molar refractivity (Wildman–Crippen MR) is 74.4 cm³/mol. The standard InChI is InChI=1S/C15H23NO3/c1-9-8-16-11(10(2)13(9)19-6)7-12(17)14(18)15(3,4)5/h8,14,18H,7H2,1-6H3. The largest absolute Gasteiger partial charge is 0.496 e. The Morgan fingerprint density at radius 2 is 2.00 bits per heavy atom. The summed E-state index contributed by atoms with van der Waals surface area (Å²) in [5.41, 5.74) is 2.00. The van der Waals surface area contributed by atoms with Gasteiger partial charge in [-0.2, -0.15) is 0 Å². The first-order chi connectivity index (χ1) is 8.68. The molecule has 106 valence electrons. The molecule has 1 N–H and O–H groups in total. The van der Waals surface area contributed by atoms with E-state index in [2.05, 4.69) is 4.98 Å². The Morgan fingerprint density at radius 1 is 1.42 bits per heavy atom. The summed E-state index contributed by atoms with van der Waals surface area (Å²) in [5.74, 6) is 0.539. The van der Waals surface area contributed by atoms with Crippen LogP contribution in [0.25, 0.3) is 0 Å². The Hall–Kier alpha value is -1.42. The first-order valence-corrected chi connectivity index (χ1v) is 6.38. The summed E-state index contributed by atoms with van der Waals surface area (Å²) in [4.78, 5) is 16.3. The summed E-state index contributed by atoms with van der Waals surface area (Å²) >= 11 is 0. The first-order valence-electron chi connectivity index (χ1n) is 6.38. The minimum atomic E-state index is -0.985. The van der Waals surface area contributed by atoms with Crippen LogP contribution in [0.4, 0.5) is 0 Å². The van der Waals surface area contributed by atoms with Crippen LogP contribution >= 0.6 is 0 Å². The van der Waals surface area contributed by atoms with Gasteiger partial charge in [0.1, 0.15) is 11.9 Å². The van der Waals surface area contributed by atoms with Gasteiger partial charge < -0.3 is 9.84 Å². The summed E-state index contributed by atoms with van der Waals surface area (Å²) in [6.45, 7) is 9.31. The van der Waals surface area contributed by atoms with E-state index in [1.54, 1.807) is 13.3 Å². The van der Waals surface area contributed by atoms with Crippen molar-refractivity contribution in [2.75, 3.05) is 7.11 Å². The summed E-state index contributed by atoms with van der Waals surface area (Å²) in [6, 6.07) is 0. The number of aromatic nitrogens is 1. The van der Waals surface area contributed by atoms with Gasteiger partial charge in [0.25, 0.3) is 0 Å². The predicted octanol–water partition coefficient (Wildman–Crippen LogP) is 2.23. The Bertz CT molecular complexity index is 475. The van der Waals surface area contributed by atoms with E-state index in [1.165, 1.54) is 0 Å². The van der Waals surface area contributed by atoms with Crippen molar-refractivity contribution < 1.29 is 14.6 Å². The fraction of sp³-hybridized carbons (Fsp3) is 0.600. The molecule has 0 aliphatic carbocycles. The van der Waals surface area contributed by atoms with E-state index >= 15 is 0 Å². The number of nitrogens with zero attached hydrogens (tertiary/aromatic N) is 1. The highest BCUT2D eigenvalue weighted by molar-refractivity contribution is 5.85. The lowest BCUT2D eigenvalue weighted by Gasteiger charge is -2.24. The normalized spacial score (nSPS) is 13.2. The smallest absolute Gasteiger partial charge is 0.167 e. The van der Waals surface area contributed by atoms with Crippen LogP contribution in [-0.2, 0) is 11.2 Å². The van der Waals surface area contributed by atoms with Crippen molar-refractivity contribution in [2.24, 2.45) is 5.41 Å². The Labute approximate surface area is 114 Å². The molecule has 1 atom stereocenters. The monoisotopic (exact) mass is 265 g/mol. The number of hydrogen-bond donors (Lipinski definition) is 1. The second-order valence-electron chi connectivity index (χ2n) is 5.96. The van der Waals surface area contributed by atoms with Gasteiger partial charge in [0, 0.05) is 17.3 Å². The second-order valence-corrected chi connectivity index (χ2v) is 5.96. The zero-order chi connectivity index (χ0) is 14.8. The van der Waals surface area contributed by atoms with Gasteiger partial charge in [0.05, 0.1) is 19.2 Å². The zero-order valence-corrected chi connectivity index (χ0v) is 12.6. The number of ketones is 1. The topological polar surface area (TPSA) is 59.4 Å². The van der Waals surface area contributed by atoms with Crippen LogP contribution in [-0.4, -0.2) is 29.1 Å². The maximum atomic E-state index is 12.1. The maximum absolute atomic E-state index is 12.1. The van der Waals surface area contributed by atoms with Gasteiger partial charge in [-0.15, -0.1) is 0 Å². The van der Waals surface area contributed by atoms with Gasteiger partial charge in [-0.05, 0) is 19.3 Å². The molecular formula is C15H23NO3. The molecule has 1 rings (SSSR count). The van der Waals surface area contributed by atoms with Crippen LogP contribution in [0.2, 0.25) is 0 Å². The lowest BCUT2D eigenvalue weighted by atomic mass is 9.85. The summed E-state index contributed by atoms with van der Waals surface area (Å²) in [7, 11) is 1.60. The lowest BCUT2D eigenvalue weighted by molar-refractivity contribution is -0.131. The molecule has 0 spiro atoms. The number of pyridine rings is 1. The van der Waals surface area contributed by atoms with Crippen molar-refractivity contribution in [1.82, 2.24) is 4.98 Å². The molecule has 19 heavy (non-hydrogen) atoms. The van der Waals surface area contributed by atoms with Gasteiger partial charge in [-0.1, -0.05) is 20.8 Å². The minimum absolute atomic E-state index is 0.126. The number of ether oxygens (including phenoxy) is 1. The van der Waals surface area contributed by atoms with Crippen molar-refractivity contribution in [3.8, 4) is 5.75 Å². The van der Waals surface area contributed by atoms with Crippen molar-refractivity contribution >= 4 is 5.78 Å². The SMILES string of the molecule is COc1c(C)cnc(CC(=O)C(O)C(C)(C)C)c1C. The average molecular weight is 265 g/mol. The molecule has 4 heteroatoms. The van der Waals surface area contributed by atoms with Crippen LogP contribution in [0.15, 0.2) is 6.20 Å². The highest BCUT2D eigenvalue weighted by Gasteiger charge is 2.29. The Kier molecular flexibility index (Phi) is 4.69. The van der Waals surface area contributed by atoms with Crippen LogP contribution < -0.4 is 4.74 Å². The van der Waals surface area contributed by atoms with Crippen molar-refractivity contribution in [3.05, 3.63) is 23.0 Å². The molecule has 0 aliphatic rings. The first kappa shape index (κ1) is 15.6. The Morgan fingerprint density at radius 3 is 2.47 bits per heavy atom. The van der Waals surface area contributed by atoms with Crippen molar-refractivity contribution in [2.45, 2.75) is 47.1 Å². The molecule has 1 aromatic heterocycles. The van der Waals surface area contributed by atoms with E-state index in [0.717, 1.165) is 16.9 Å². The van der Waals surface area contributed by atoms with E-state index in [1.807, 2.05) is 34.6 Å². The molecule has 0 aliphatic heterocycles. The van der Waals surface area contributed by atoms with Crippen LogP contribution in [0, 0.1) is 19.3 Å². The molecule has 0 saturated carbocycles. The number of hydrogen-bond acceptors (Lipinski definition) is 4. The third kappa shape index (κ3) is 3.53. The molecule has 1 aromatic rings.